The molecule has 1 N–H and O–H groups in total. The topological polar surface area (TPSA) is 88.4 Å². The van der Waals surface area contributed by atoms with Crippen LogP contribution in [0.3, 0.4) is 0 Å². The molecule has 1 aromatic carbocycles. The van der Waals surface area contributed by atoms with Crippen LogP contribution in [0.15, 0.2) is 24.3 Å². The van der Waals surface area contributed by atoms with Gasteiger partial charge in [0.1, 0.15) is 11.8 Å². The van der Waals surface area contributed by atoms with Crippen LogP contribution in [0, 0.1) is 34.5 Å². The van der Waals surface area contributed by atoms with E-state index in [1.807, 2.05) is 6.07 Å². The summed E-state index contributed by atoms with van der Waals surface area (Å²) in [5.41, 5.74) is 0.613. The minimum atomic E-state index is -0.627. The number of benzene rings is 1. The molecule has 4 bridgehead atoms. The number of nitrogens with zero attached hydrogens (tertiary/aromatic N) is 1. The van der Waals surface area contributed by atoms with Crippen LogP contribution in [-0.4, -0.2) is 31.6 Å². The van der Waals surface area contributed by atoms with Crippen molar-refractivity contribution in [3.8, 4) is 11.8 Å². The van der Waals surface area contributed by atoms with E-state index in [4.69, 9.17) is 14.7 Å². The van der Waals surface area contributed by atoms with Crippen molar-refractivity contribution in [1.82, 2.24) is 5.32 Å². The fourth-order valence-corrected chi connectivity index (χ4v) is 5.85. The molecule has 0 atom stereocenters. The van der Waals surface area contributed by atoms with Crippen molar-refractivity contribution < 1.29 is 19.1 Å². The SMILES string of the molecule is N#Cc1ccccc1OCC(=O)OCC(=O)NCC12CC3CC(CC(C3)C1)C2. The zero-order valence-corrected chi connectivity index (χ0v) is 16.0. The number of hydrogen-bond acceptors (Lipinski definition) is 5. The Morgan fingerprint density at radius 1 is 1.07 bits per heavy atom. The molecule has 0 radical (unpaired) electrons. The first-order valence-electron chi connectivity index (χ1n) is 10.1. The van der Waals surface area contributed by atoms with Gasteiger partial charge in [-0.15, -0.1) is 0 Å². The average molecular weight is 382 g/mol. The molecule has 0 spiro atoms. The molecule has 148 valence electrons. The average Bonchev–Trinajstić information content (AvgIpc) is 2.68. The van der Waals surface area contributed by atoms with Crippen LogP contribution < -0.4 is 10.1 Å². The number of hydrogen-bond donors (Lipinski definition) is 1. The molecule has 0 unspecified atom stereocenters. The third-order valence-corrected chi connectivity index (χ3v) is 6.54. The maximum Gasteiger partial charge on any atom is 0.344 e. The Morgan fingerprint density at radius 3 is 2.36 bits per heavy atom. The second-order valence-corrected chi connectivity index (χ2v) is 8.75. The molecule has 1 aromatic rings. The lowest BCUT2D eigenvalue weighted by atomic mass is 9.49. The van der Waals surface area contributed by atoms with Crippen molar-refractivity contribution in [2.24, 2.45) is 23.2 Å². The number of esters is 1. The van der Waals surface area contributed by atoms with Crippen molar-refractivity contribution >= 4 is 11.9 Å². The van der Waals surface area contributed by atoms with Gasteiger partial charge in [0.2, 0.25) is 0 Å². The molecule has 4 fully saturated rings. The molecule has 4 saturated carbocycles. The standard InChI is InChI=1S/C22H26N2O4/c23-11-18-3-1-2-4-19(18)27-13-21(26)28-12-20(25)24-14-22-8-15-5-16(9-22)7-17(6-15)10-22/h1-4,15-17H,5-10,12-14H2,(H,24,25). The summed E-state index contributed by atoms with van der Waals surface area (Å²) >= 11 is 0. The monoisotopic (exact) mass is 382 g/mol. The highest BCUT2D eigenvalue weighted by Gasteiger charge is 2.50. The van der Waals surface area contributed by atoms with Gasteiger partial charge in [-0.1, -0.05) is 12.1 Å². The maximum atomic E-state index is 12.1. The molecule has 0 aromatic heterocycles. The predicted octanol–water partition coefficient (Wildman–Crippen LogP) is 2.81. The molecule has 0 aliphatic heterocycles. The number of rotatable bonds is 7. The summed E-state index contributed by atoms with van der Waals surface area (Å²) in [7, 11) is 0. The highest BCUT2D eigenvalue weighted by Crippen LogP contribution is 2.59. The molecule has 6 heteroatoms. The maximum absolute atomic E-state index is 12.1. The van der Waals surface area contributed by atoms with E-state index in [-0.39, 0.29) is 24.5 Å². The van der Waals surface area contributed by atoms with Gasteiger partial charge in [0.25, 0.3) is 5.91 Å². The van der Waals surface area contributed by atoms with E-state index in [0.29, 0.717) is 17.9 Å². The normalized spacial score (nSPS) is 29.8. The molecule has 6 nitrogen and oxygen atoms in total. The van der Waals surface area contributed by atoms with E-state index < -0.39 is 5.97 Å². The number of para-hydroxylation sites is 1. The zero-order chi connectivity index (χ0) is 19.6. The first-order chi connectivity index (χ1) is 13.5. The summed E-state index contributed by atoms with van der Waals surface area (Å²) < 4.78 is 10.3. The highest BCUT2D eigenvalue weighted by molar-refractivity contribution is 5.81. The second kappa shape index (κ2) is 7.83. The fraction of sp³-hybridized carbons (Fsp3) is 0.591. The van der Waals surface area contributed by atoms with Gasteiger partial charge in [-0.3, -0.25) is 4.79 Å². The Morgan fingerprint density at radius 2 is 1.71 bits per heavy atom. The van der Waals surface area contributed by atoms with E-state index in [1.165, 1.54) is 38.5 Å². The van der Waals surface area contributed by atoms with Crippen molar-refractivity contribution in [1.29, 1.82) is 5.26 Å². The van der Waals surface area contributed by atoms with Gasteiger partial charge >= 0.3 is 5.97 Å². The Kier molecular flexibility index (Phi) is 5.25. The van der Waals surface area contributed by atoms with Crippen molar-refractivity contribution in [3.05, 3.63) is 29.8 Å². The highest BCUT2D eigenvalue weighted by atomic mass is 16.6. The molecule has 0 heterocycles. The molecule has 0 saturated heterocycles. The second-order valence-electron chi connectivity index (χ2n) is 8.75. The zero-order valence-electron chi connectivity index (χ0n) is 16.0. The first-order valence-corrected chi connectivity index (χ1v) is 10.1. The molecule has 5 rings (SSSR count). The van der Waals surface area contributed by atoms with E-state index >= 15 is 0 Å². The van der Waals surface area contributed by atoms with Crippen LogP contribution in [-0.2, 0) is 14.3 Å². The number of carbonyl (C=O) groups excluding carboxylic acids is 2. The van der Waals surface area contributed by atoms with Gasteiger partial charge < -0.3 is 14.8 Å². The molecule has 4 aliphatic carbocycles. The van der Waals surface area contributed by atoms with Gasteiger partial charge in [0.15, 0.2) is 13.2 Å². The lowest BCUT2D eigenvalue weighted by molar-refractivity contribution is -0.150. The van der Waals surface area contributed by atoms with E-state index in [9.17, 15) is 9.59 Å². The number of nitriles is 1. The van der Waals surface area contributed by atoms with Gasteiger partial charge in [-0.2, -0.15) is 5.26 Å². The van der Waals surface area contributed by atoms with Crippen LogP contribution in [0.4, 0.5) is 0 Å². The summed E-state index contributed by atoms with van der Waals surface area (Å²) in [5.74, 6) is 1.96. The lowest BCUT2D eigenvalue weighted by Gasteiger charge is -2.56. The van der Waals surface area contributed by atoms with Crippen molar-refractivity contribution in [3.63, 3.8) is 0 Å². The van der Waals surface area contributed by atoms with Crippen molar-refractivity contribution in [2.75, 3.05) is 19.8 Å². The molecule has 4 aliphatic rings. The third-order valence-electron chi connectivity index (χ3n) is 6.54. The Labute approximate surface area is 165 Å². The molecule has 1 amide bonds. The van der Waals surface area contributed by atoms with Gasteiger partial charge in [0, 0.05) is 6.54 Å². The van der Waals surface area contributed by atoms with Crippen LogP contribution >= 0.6 is 0 Å². The number of amides is 1. The van der Waals surface area contributed by atoms with Crippen LogP contribution in [0.2, 0.25) is 0 Å². The third kappa shape index (κ3) is 4.14. The Hall–Kier alpha value is -2.55. The van der Waals surface area contributed by atoms with Gasteiger partial charge in [-0.05, 0) is 73.8 Å². The number of nitrogens with one attached hydrogen (secondary N) is 1. The number of carbonyl (C=O) groups is 2. The van der Waals surface area contributed by atoms with Crippen LogP contribution in [0.25, 0.3) is 0 Å². The quantitative estimate of drug-likeness (QED) is 0.733. The van der Waals surface area contributed by atoms with Crippen LogP contribution in [0.1, 0.15) is 44.1 Å². The van der Waals surface area contributed by atoms with Crippen LogP contribution in [0.5, 0.6) is 5.75 Å². The first kappa shape index (κ1) is 18.8. The summed E-state index contributed by atoms with van der Waals surface area (Å²) in [5, 5.41) is 12.0. The summed E-state index contributed by atoms with van der Waals surface area (Å²) in [6.45, 7) is 0.0638. The summed E-state index contributed by atoms with van der Waals surface area (Å²) in [4.78, 5) is 24.0. The van der Waals surface area contributed by atoms with E-state index in [2.05, 4.69) is 5.32 Å². The predicted molar refractivity (Wildman–Crippen MR) is 101 cm³/mol. The minimum absolute atomic E-state index is 0.262. The minimum Gasteiger partial charge on any atom is -0.481 e. The lowest BCUT2D eigenvalue weighted by Crippen LogP contribution is -2.51. The van der Waals surface area contributed by atoms with E-state index in [1.54, 1.807) is 24.3 Å². The molecular weight excluding hydrogens is 356 g/mol. The summed E-state index contributed by atoms with van der Waals surface area (Å²) in [6.07, 6.45) is 7.81. The molecular formula is C22H26N2O4. The number of ether oxygens (including phenoxy) is 2. The van der Waals surface area contributed by atoms with E-state index in [0.717, 1.165) is 17.8 Å². The fourth-order valence-electron chi connectivity index (χ4n) is 5.85. The summed E-state index contributed by atoms with van der Waals surface area (Å²) in [6, 6.07) is 8.67. The Bertz CT molecular complexity index is 763. The van der Waals surface area contributed by atoms with Gasteiger partial charge in [0.05, 0.1) is 5.56 Å². The molecule has 28 heavy (non-hydrogen) atoms. The smallest absolute Gasteiger partial charge is 0.344 e. The Balaban J connectivity index is 1.19. The van der Waals surface area contributed by atoms with Gasteiger partial charge in [-0.25, -0.2) is 4.79 Å². The largest absolute Gasteiger partial charge is 0.481 e. The van der Waals surface area contributed by atoms with Crippen molar-refractivity contribution in [2.45, 2.75) is 38.5 Å².